The molecule has 0 heterocycles. The van der Waals surface area contributed by atoms with E-state index in [0.717, 1.165) is 4.47 Å². The van der Waals surface area contributed by atoms with Crippen LogP contribution in [0.3, 0.4) is 0 Å². The second-order valence-corrected chi connectivity index (χ2v) is 5.57. The summed E-state index contributed by atoms with van der Waals surface area (Å²) in [6, 6.07) is 13.2. The van der Waals surface area contributed by atoms with Crippen LogP contribution < -0.4 is 16.4 Å². The molecular weight excluding hydrogens is 362 g/mol. The second kappa shape index (κ2) is 7.55. The second-order valence-electron chi connectivity index (χ2n) is 4.65. The van der Waals surface area contributed by atoms with E-state index >= 15 is 0 Å². The molecule has 4 N–H and O–H groups in total. The molecule has 3 amide bonds. The predicted octanol–water partition coefficient (Wildman–Crippen LogP) is 1.92. The van der Waals surface area contributed by atoms with Gasteiger partial charge in [-0.3, -0.25) is 14.4 Å². The van der Waals surface area contributed by atoms with Gasteiger partial charge in [0.15, 0.2) is 0 Å². The largest absolute Gasteiger partial charge is 0.366 e. The summed E-state index contributed by atoms with van der Waals surface area (Å²) in [4.78, 5) is 35.1. The highest BCUT2D eigenvalue weighted by atomic mass is 79.9. The van der Waals surface area contributed by atoms with Crippen molar-refractivity contribution in [2.24, 2.45) is 5.73 Å². The molecule has 0 aliphatic rings. The summed E-state index contributed by atoms with van der Waals surface area (Å²) in [6.07, 6.45) is 0. The van der Waals surface area contributed by atoms with Crippen LogP contribution in [0, 0.1) is 0 Å². The summed E-state index contributed by atoms with van der Waals surface area (Å²) >= 11 is 3.27. The van der Waals surface area contributed by atoms with Gasteiger partial charge in [0.2, 0.25) is 5.91 Å². The third kappa shape index (κ3) is 4.65. The Labute approximate surface area is 141 Å². The highest BCUT2D eigenvalue weighted by Gasteiger charge is 2.12. The van der Waals surface area contributed by atoms with Crippen LogP contribution in [-0.2, 0) is 4.79 Å². The van der Waals surface area contributed by atoms with E-state index < -0.39 is 11.8 Å². The number of amides is 3. The van der Waals surface area contributed by atoms with Gasteiger partial charge in [-0.1, -0.05) is 34.1 Å². The van der Waals surface area contributed by atoms with Gasteiger partial charge in [-0.2, -0.15) is 0 Å². The Balaban J connectivity index is 1.96. The standard InChI is InChI=1S/C16H14BrN3O3/c17-11-5-3-4-10(8-11)16(23)19-9-14(21)20-13-7-2-1-6-12(13)15(18)22/h1-8H,9H2,(H2,18,22)(H,19,23)(H,20,21). The Bertz CT molecular complexity index is 762. The van der Waals surface area contributed by atoms with Gasteiger partial charge >= 0.3 is 0 Å². The lowest BCUT2D eigenvalue weighted by Crippen LogP contribution is -2.33. The molecular formula is C16H14BrN3O3. The molecule has 0 saturated carbocycles. The number of rotatable bonds is 5. The van der Waals surface area contributed by atoms with Crippen molar-refractivity contribution in [2.75, 3.05) is 11.9 Å². The monoisotopic (exact) mass is 375 g/mol. The molecule has 2 aromatic rings. The Morgan fingerprint density at radius 3 is 2.48 bits per heavy atom. The van der Waals surface area contributed by atoms with Gasteiger partial charge in [0.25, 0.3) is 11.8 Å². The molecule has 23 heavy (non-hydrogen) atoms. The molecule has 0 spiro atoms. The summed E-state index contributed by atoms with van der Waals surface area (Å²) in [5.74, 6) is -1.47. The maximum Gasteiger partial charge on any atom is 0.251 e. The number of para-hydroxylation sites is 1. The van der Waals surface area contributed by atoms with Crippen molar-refractivity contribution in [1.82, 2.24) is 5.32 Å². The van der Waals surface area contributed by atoms with E-state index in [2.05, 4.69) is 26.6 Å². The first-order chi connectivity index (χ1) is 11.0. The van der Waals surface area contributed by atoms with E-state index in [4.69, 9.17) is 5.73 Å². The fourth-order valence-corrected chi connectivity index (χ4v) is 2.29. The lowest BCUT2D eigenvalue weighted by atomic mass is 10.1. The zero-order valence-corrected chi connectivity index (χ0v) is 13.6. The Morgan fingerprint density at radius 1 is 1.04 bits per heavy atom. The molecule has 0 radical (unpaired) electrons. The predicted molar refractivity (Wildman–Crippen MR) is 90.1 cm³/mol. The van der Waals surface area contributed by atoms with Crippen LogP contribution in [0.15, 0.2) is 53.0 Å². The Kier molecular flexibility index (Phi) is 5.48. The van der Waals surface area contributed by atoms with Crippen LogP contribution in [0.2, 0.25) is 0 Å². The van der Waals surface area contributed by atoms with Crippen LogP contribution in [0.25, 0.3) is 0 Å². The SMILES string of the molecule is NC(=O)c1ccccc1NC(=O)CNC(=O)c1cccc(Br)c1. The molecule has 0 fully saturated rings. The molecule has 0 aromatic heterocycles. The van der Waals surface area contributed by atoms with Crippen molar-refractivity contribution < 1.29 is 14.4 Å². The minimum atomic E-state index is -0.640. The smallest absolute Gasteiger partial charge is 0.251 e. The van der Waals surface area contributed by atoms with Gasteiger partial charge in [0.1, 0.15) is 0 Å². The molecule has 0 aliphatic carbocycles. The van der Waals surface area contributed by atoms with E-state index in [-0.39, 0.29) is 18.0 Å². The van der Waals surface area contributed by atoms with Gasteiger partial charge < -0.3 is 16.4 Å². The van der Waals surface area contributed by atoms with Crippen molar-refractivity contribution in [2.45, 2.75) is 0 Å². The molecule has 6 nitrogen and oxygen atoms in total. The molecule has 118 valence electrons. The highest BCUT2D eigenvalue weighted by molar-refractivity contribution is 9.10. The fourth-order valence-electron chi connectivity index (χ4n) is 1.89. The number of carbonyl (C=O) groups excluding carboxylic acids is 3. The maximum absolute atomic E-state index is 11.9. The third-order valence-corrected chi connectivity index (χ3v) is 3.46. The van der Waals surface area contributed by atoms with Gasteiger partial charge in [-0.15, -0.1) is 0 Å². The number of nitrogens with one attached hydrogen (secondary N) is 2. The molecule has 2 rings (SSSR count). The number of carbonyl (C=O) groups is 3. The van der Waals surface area contributed by atoms with Gasteiger partial charge in [0, 0.05) is 10.0 Å². The highest BCUT2D eigenvalue weighted by Crippen LogP contribution is 2.14. The third-order valence-electron chi connectivity index (χ3n) is 2.96. The van der Waals surface area contributed by atoms with Crippen molar-refractivity contribution in [3.63, 3.8) is 0 Å². The zero-order chi connectivity index (χ0) is 16.8. The first-order valence-corrected chi connectivity index (χ1v) is 7.49. The first kappa shape index (κ1) is 16.7. The average molecular weight is 376 g/mol. The maximum atomic E-state index is 11.9. The van der Waals surface area contributed by atoms with Crippen molar-refractivity contribution in [1.29, 1.82) is 0 Å². The number of anilines is 1. The average Bonchev–Trinajstić information content (AvgIpc) is 2.53. The summed E-state index contributed by atoms with van der Waals surface area (Å²) in [6.45, 7) is -0.224. The number of hydrogen-bond donors (Lipinski definition) is 3. The minimum absolute atomic E-state index is 0.208. The van der Waals surface area contributed by atoms with Crippen LogP contribution in [-0.4, -0.2) is 24.3 Å². The van der Waals surface area contributed by atoms with E-state index in [9.17, 15) is 14.4 Å². The summed E-state index contributed by atoms with van der Waals surface area (Å²) < 4.78 is 0.769. The lowest BCUT2D eigenvalue weighted by Gasteiger charge is -2.09. The quantitative estimate of drug-likeness (QED) is 0.743. The topological polar surface area (TPSA) is 101 Å². The number of halogens is 1. The summed E-state index contributed by atoms with van der Waals surface area (Å²) in [5, 5.41) is 5.05. The van der Waals surface area contributed by atoms with Gasteiger partial charge in [-0.25, -0.2) is 0 Å². The van der Waals surface area contributed by atoms with E-state index in [1.54, 1.807) is 42.5 Å². The molecule has 0 bridgehead atoms. The van der Waals surface area contributed by atoms with Crippen molar-refractivity contribution in [3.05, 3.63) is 64.1 Å². The molecule has 0 saturated heterocycles. The van der Waals surface area contributed by atoms with Crippen molar-refractivity contribution >= 4 is 39.3 Å². The van der Waals surface area contributed by atoms with Gasteiger partial charge in [-0.05, 0) is 30.3 Å². The van der Waals surface area contributed by atoms with E-state index in [0.29, 0.717) is 11.3 Å². The first-order valence-electron chi connectivity index (χ1n) is 6.70. The summed E-state index contributed by atoms with van der Waals surface area (Å²) in [7, 11) is 0. The molecule has 2 aromatic carbocycles. The van der Waals surface area contributed by atoms with Crippen LogP contribution in [0.4, 0.5) is 5.69 Å². The van der Waals surface area contributed by atoms with Crippen LogP contribution in [0.5, 0.6) is 0 Å². The van der Waals surface area contributed by atoms with Crippen molar-refractivity contribution in [3.8, 4) is 0 Å². The minimum Gasteiger partial charge on any atom is -0.366 e. The van der Waals surface area contributed by atoms with Crippen LogP contribution >= 0.6 is 15.9 Å². The summed E-state index contributed by atoms with van der Waals surface area (Å²) in [5.41, 5.74) is 6.19. The molecule has 0 atom stereocenters. The van der Waals surface area contributed by atoms with Gasteiger partial charge in [0.05, 0.1) is 17.8 Å². The zero-order valence-electron chi connectivity index (χ0n) is 12.0. The number of primary amides is 1. The Hall–Kier alpha value is -2.67. The number of nitrogens with two attached hydrogens (primary N) is 1. The fraction of sp³-hybridized carbons (Fsp3) is 0.0625. The number of benzene rings is 2. The molecule has 7 heteroatoms. The number of hydrogen-bond acceptors (Lipinski definition) is 3. The van der Waals surface area contributed by atoms with E-state index in [1.165, 1.54) is 6.07 Å². The van der Waals surface area contributed by atoms with Crippen LogP contribution in [0.1, 0.15) is 20.7 Å². The normalized spacial score (nSPS) is 9.96. The van der Waals surface area contributed by atoms with E-state index in [1.807, 2.05) is 0 Å². The molecule has 0 unspecified atom stereocenters. The Morgan fingerprint density at radius 2 is 1.78 bits per heavy atom. The molecule has 0 aliphatic heterocycles. The lowest BCUT2D eigenvalue weighted by molar-refractivity contribution is -0.115.